The summed E-state index contributed by atoms with van der Waals surface area (Å²) in [6.45, 7) is 5.05. The molecule has 0 saturated heterocycles. The predicted molar refractivity (Wildman–Crippen MR) is 119 cm³/mol. The number of H-pyrrole nitrogens is 1. The van der Waals surface area contributed by atoms with Gasteiger partial charge in [-0.05, 0) is 57.2 Å². The van der Waals surface area contributed by atoms with E-state index in [0.717, 1.165) is 36.7 Å². The van der Waals surface area contributed by atoms with Crippen molar-refractivity contribution in [2.24, 2.45) is 0 Å². The lowest BCUT2D eigenvalue weighted by molar-refractivity contribution is 0.0621. The van der Waals surface area contributed by atoms with Gasteiger partial charge in [0, 0.05) is 35.6 Å². The average Bonchev–Trinajstić information content (AvgIpc) is 3.19. The van der Waals surface area contributed by atoms with Crippen molar-refractivity contribution >= 4 is 16.8 Å². The molecule has 1 aromatic heterocycles. The van der Waals surface area contributed by atoms with Gasteiger partial charge >= 0.3 is 0 Å². The number of hydrogen-bond acceptors (Lipinski definition) is 2. The number of carbonyl (C=O) groups excluding carboxylic acids is 1. The Bertz CT molecular complexity index is 916. The van der Waals surface area contributed by atoms with Gasteiger partial charge in [0.2, 0.25) is 0 Å². The molecule has 4 rings (SSSR count). The van der Waals surface area contributed by atoms with Crippen LogP contribution in [0.15, 0.2) is 60.7 Å². The minimum Gasteiger partial charge on any atom is -0.351 e. The summed E-state index contributed by atoms with van der Waals surface area (Å²) in [5, 5.41) is 4.89. The number of rotatable bonds is 6. The summed E-state index contributed by atoms with van der Waals surface area (Å²) in [7, 11) is 0. The molecule has 0 unspecified atom stereocenters. The van der Waals surface area contributed by atoms with Gasteiger partial charge in [0.05, 0.1) is 0 Å². The third kappa shape index (κ3) is 4.38. The normalized spacial score (nSPS) is 20.5. The summed E-state index contributed by atoms with van der Waals surface area (Å²) in [5.41, 5.74) is 3.03. The van der Waals surface area contributed by atoms with Crippen molar-refractivity contribution < 1.29 is 4.79 Å². The van der Waals surface area contributed by atoms with E-state index in [2.05, 4.69) is 59.4 Å². The Hall–Kier alpha value is -2.59. The number of hydrogen-bond donors (Lipinski definition) is 2. The topological polar surface area (TPSA) is 48.1 Å². The highest BCUT2D eigenvalue weighted by molar-refractivity contribution is 5.98. The standard InChI is InChI=1S/C25H31N3O/c1-3-28(25(29)24-16-20-12-7-8-15-23(20)27-24)22-14-9-13-21(17-22)26-18(2)19-10-5-4-6-11-19/h4-8,10-12,15-16,18,21-22,26-27H,3,9,13-14,17H2,1-2H3/t18-,21-,22+/m1/s1. The molecule has 1 amide bonds. The minimum atomic E-state index is 0.116. The van der Waals surface area contributed by atoms with Gasteiger partial charge in [-0.3, -0.25) is 4.79 Å². The van der Waals surface area contributed by atoms with Crippen LogP contribution in [0, 0.1) is 0 Å². The maximum atomic E-state index is 13.3. The molecule has 0 radical (unpaired) electrons. The van der Waals surface area contributed by atoms with Crippen molar-refractivity contribution in [2.75, 3.05) is 6.54 Å². The summed E-state index contributed by atoms with van der Waals surface area (Å²) in [6.07, 6.45) is 4.42. The van der Waals surface area contributed by atoms with Crippen molar-refractivity contribution in [2.45, 2.75) is 57.7 Å². The lowest BCUT2D eigenvalue weighted by atomic mass is 9.89. The maximum Gasteiger partial charge on any atom is 0.270 e. The average molecular weight is 390 g/mol. The summed E-state index contributed by atoms with van der Waals surface area (Å²) < 4.78 is 0. The van der Waals surface area contributed by atoms with E-state index < -0.39 is 0 Å². The Morgan fingerprint density at radius 1 is 1.14 bits per heavy atom. The van der Waals surface area contributed by atoms with Crippen LogP contribution in [0.3, 0.4) is 0 Å². The molecule has 29 heavy (non-hydrogen) atoms. The minimum absolute atomic E-state index is 0.116. The quantitative estimate of drug-likeness (QED) is 0.602. The van der Waals surface area contributed by atoms with Gasteiger partial charge < -0.3 is 15.2 Å². The van der Waals surface area contributed by atoms with E-state index in [0.29, 0.717) is 17.8 Å². The monoisotopic (exact) mass is 389 g/mol. The van der Waals surface area contributed by atoms with Gasteiger partial charge in [-0.15, -0.1) is 0 Å². The SMILES string of the molecule is CCN(C(=O)c1cc2ccccc2[nH]1)[C@H]1CCC[C@@H](N[C@H](C)c2ccccc2)C1. The summed E-state index contributed by atoms with van der Waals surface area (Å²) >= 11 is 0. The summed E-state index contributed by atoms with van der Waals surface area (Å²) in [4.78, 5) is 18.6. The Kier molecular flexibility index (Phi) is 6.00. The van der Waals surface area contributed by atoms with Crippen LogP contribution in [0.1, 0.15) is 61.6 Å². The molecule has 0 spiro atoms. The number of nitrogens with zero attached hydrogens (tertiary/aromatic N) is 1. The first kappa shape index (κ1) is 19.7. The van der Waals surface area contributed by atoms with E-state index in [1.54, 1.807) is 0 Å². The Labute approximate surface area is 173 Å². The van der Waals surface area contributed by atoms with Crippen molar-refractivity contribution in [1.29, 1.82) is 0 Å². The molecule has 2 aromatic carbocycles. The zero-order valence-corrected chi connectivity index (χ0v) is 17.4. The molecule has 1 saturated carbocycles. The van der Waals surface area contributed by atoms with Crippen LogP contribution in [0.5, 0.6) is 0 Å². The summed E-state index contributed by atoms with van der Waals surface area (Å²) in [5.74, 6) is 0.116. The highest BCUT2D eigenvalue weighted by atomic mass is 16.2. The molecule has 1 aliphatic rings. The fourth-order valence-electron chi connectivity index (χ4n) is 4.70. The zero-order chi connectivity index (χ0) is 20.2. The van der Waals surface area contributed by atoms with Crippen LogP contribution in [-0.4, -0.2) is 34.4 Å². The van der Waals surface area contributed by atoms with Gasteiger partial charge in [0.25, 0.3) is 5.91 Å². The third-order valence-corrected chi connectivity index (χ3v) is 6.23. The molecule has 152 valence electrons. The van der Waals surface area contributed by atoms with Crippen LogP contribution >= 0.6 is 0 Å². The smallest absolute Gasteiger partial charge is 0.270 e. The molecule has 4 nitrogen and oxygen atoms in total. The molecule has 1 aliphatic carbocycles. The van der Waals surface area contributed by atoms with Gasteiger partial charge in [-0.1, -0.05) is 48.5 Å². The molecular weight excluding hydrogens is 358 g/mol. The van der Waals surface area contributed by atoms with E-state index in [-0.39, 0.29) is 11.9 Å². The zero-order valence-electron chi connectivity index (χ0n) is 17.4. The maximum absolute atomic E-state index is 13.3. The molecule has 0 bridgehead atoms. The van der Waals surface area contributed by atoms with E-state index in [9.17, 15) is 4.79 Å². The van der Waals surface area contributed by atoms with E-state index in [4.69, 9.17) is 0 Å². The fraction of sp³-hybridized carbons (Fsp3) is 0.400. The number of para-hydroxylation sites is 1. The molecule has 3 atom stereocenters. The van der Waals surface area contributed by atoms with Gasteiger partial charge in [0.15, 0.2) is 0 Å². The number of amides is 1. The van der Waals surface area contributed by atoms with Crippen molar-refractivity contribution in [1.82, 2.24) is 15.2 Å². The first-order valence-electron chi connectivity index (χ1n) is 10.9. The lowest BCUT2D eigenvalue weighted by Crippen LogP contribution is -2.47. The second kappa shape index (κ2) is 8.83. The fourth-order valence-corrected chi connectivity index (χ4v) is 4.70. The van der Waals surface area contributed by atoms with E-state index in [1.165, 1.54) is 12.0 Å². The van der Waals surface area contributed by atoms with Crippen LogP contribution in [0.2, 0.25) is 0 Å². The first-order chi connectivity index (χ1) is 14.2. The van der Waals surface area contributed by atoms with Crippen molar-refractivity contribution in [3.8, 4) is 0 Å². The number of carbonyl (C=O) groups is 1. The van der Waals surface area contributed by atoms with E-state index >= 15 is 0 Å². The summed E-state index contributed by atoms with van der Waals surface area (Å²) in [6, 6.07) is 21.7. The largest absolute Gasteiger partial charge is 0.351 e. The van der Waals surface area contributed by atoms with Crippen LogP contribution < -0.4 is 5.32 Å². The van der Waals surface area contributed by atoms with Crippen LogP contribution in [0.25, 0.3) is 10.9 Å². The number of benzene rings is 2. The van der Waals surface area contributed by atoms with E-state index in [1.807, 2.05) is 30.3 Å². The highest BCUT2D eigenvalue weighted by Crippen LogP contribution is 2.27. The van der Waals surface area contributed by atoms with Crippen LogP contribution in [-0.2, 0) is 0 Å². The first-order valence-corrected chi connectivity index (χ1v) is 10.9. The number of fused-ring (bicyclic) bond motifs is 1. The molecule has 1 heterocycles. The second-order valence-electron chi connectivity index (χ2n) is 8.18. The molecule has 2 N–H and O–H groups in total. The number of nitrogens with one attached hydrogen (secondary N) is 2. The highest BCUT2D eigenvalue weighted by Gasteiger charge is 2.30. The predicted octanol–water partition coefficient (Wildman–Crippen LogP) is 5.29. The van der Waals surface area contributed by atoms with Crippen molar-refractivity contribution in [3.05, 3.63) is 71.9 Å². The Morgan fingerprint density at radius 2 is 1.90 bits per heavy atom. The van der Waals surface area contributed by atoms with Crippen LogP contribution in [0.4, 0.5) is 0 Å². The Morgan fingerprint density at radius 3 is 2.66 bits per heavy atom. The third-order valence-electron chi connectivity index (χ3n) is 6.23. The molecule has 0 aliphatic heterocycles. The molecule has 4 heteroatoms. The van der Waals surface area contributed by atoms with Gasteiger partial charge in [-0.25, -0.2) is 0 Å². The molecular formula is C25H31N3O. The van der Waals surface area contributed by atoms with Gasteiger partial charge in [0.1, 0.15) is 5.69 Å². The van der Waals surface area contributed by atoms with Crippen molar-refractivity contribution in [3.63, 3.8) is 0 Å². The number of aromatic nitrogens is 1. The number of aromatic amines is 1. The molecule has 3 aromatic rings. The lowest BCUT2D eigenvalue weighted by Gasteiger charge is -2.38. The van der Waals surface area contributed by atoms with Gasteiger partial charge in [-0.2, -0.15) is 0 Å². The second-order valence-corrected chi connectivity index (χ2v) is 8.18. The molecule has 1 fully saturated rings. The Balaban J connectivity index is 1.44.